The molecule has 2 aliphatic rings. The molecule has 13 heteroatoms. The number of aromatic nitrogens is 4. The maximum absolute atomic E-state index is 13.4. The molecule has 11 nitrogen and oxygen atoms in total. The highest BCUT2D eigenvalue weighted by Crippen LogP contribution is 2.38. The number of carboxylic acid groups (broad SMARTS) is 1. The van der Waals surface area contributed by atoms with Crippen molar-refractivity contribution in [2.24, 2.45) is 0 Å². The predicted octanol–water partition coefficient (Wildman–Crippen LogP) is 2.39. The van der Waals surface area contributed by atoms with Crippen molar-refractivity contribution in [3.05, 3.63) is 47.2 Å². The van der Waals surface area contributed by atoms with Crippen LogP contribution in [-0.4, -0.2) is 77.9 Å². The number of carbonyl (C=O) groups excluding carboxylic acids is 2. The minimum atomic E-state index is -1.15. The van der Waals surface area contributed by atoms with E-state index in [9.17, 15) is 23.9 Å². The maximum atomic E-state index is 13.4. The van der Waals surface area contributed by atoms with E-state index in [0.717, 1.165) is 4.90 Å². The van der Waals surface area contributed by atoms with Gasteiger partial charge in [-0.3, -0.25) is 19.4 Å². The number of anilines is 1. The average Bonchev–Trinajstić information content (AvgIpc) is 3.43. The van der Waals surface area contributed by atoms with E-state index >= 15 is 0 Å². The summed E-state index contributed by atoms with van der Waals surface area (Å²) in [6, 6.07) is 4.92. The fourth-order valence-corrected chi connectivity index (χ4v) is 5.16. The molecule has 3 amide bonds. The van der Waals surface area contributed by atoms with Crippen LogP contribution >= 0.6 is 11.5 Å². The Bertz CT molecular complexity index is 1320. The van der Waals surface area contributed by atoms with Gasteiger partial charge in [0, 0.05) is 31.7 Å². The number of halogens is 1. The molecule has 1 atom stereocenters. The zero-order chi connectivity index (χ0) is 24.9. The molecule has 5 rings (SSSR count). The lowest BCUT2D eigenvalue weighted by Gasteiger charge is -2.37. The SMILES string of the molecule is Cc1nsc(-c2nc(N3CCN(C(=O)O)CC3=O)c3n2CCN(C(=O)c2ccc(F)cc2)C3C)n1. The number of nitrogens with zero attached hydrogens (tertiary/aromatic N) is 7. The lowest BCUT2D eigenvalue weighted by atomic mass is 10.1. The van der Waals surface area contributed by atoms with Gasteiger partial charge in [-0.05, 0) is 49.6 Å². The summed E-state index contributed by atoms with van der Waals surface area (Å²) in [6.07, 6.45) is -1.15. The number of imidazole rings is 1. The van der Waals surface area contributed by atoms with Gasteiger partial charge < -0.3 is 14.6 Å². The summed E-state index contributed by atoms with van der Waals surface area (Å²) < 4.78 is 19.6. The first-order valence-corrected chi connectivity index (χ1v) is 11.8. The number of benzene rings is 1. The molecule has 1 unspecified atom stereocenters. The van der Waals surface area contributed by atoms with Crippen LogP contribution in [0.25, 0.3) is 10.8 Å². The molecule has 0 saturated carbocycles. The number of piperazine rings is 1. The number of amides is 3. The van der Waals surface area contributed by atoms with E-state index in [4.69, 9.17) is 4.98 Å². The molecule has 4 heterocycles. The van der Waals surface area contributed by atoms with Crippen molar-refractivity contribution in [2.45, 2.75) is 26.4 Å². The van der Waals surface area contributed by atoms with Gasteiger partial charge in [-0.15, -0.1) is 0 Å². The fraction of sp³-hybridized carbons (Fsp3) is 0.364. The summed E-state index contributed by atoms with van der Waals surface area (Å²) in [5.74, 6) is 0.457. The summed E-state index contributed by atoms with van der Waals surface area (Å²) in [7, 11) is 0. The molecule has 1 fully saturated rings. The van der Waals surface area contributed by atoms with E-state index in [1.807, 2.05) is 11.5 Å². The van der Waals surface area contributed by atoms with E-state index in [1.54, 1.807) is 11.8 Å². The van der Waals surface area contributed by atoms with Crippen LogP contribution in [0.1, 0.15) is 34.8 Å². The van der Waals surface area contributed by atoms with Crippen molar-refractivity contribution in [1.29, 1.82) is 0 Å². The fourth-order valence-electron chi connectivity index (χ4n) is 4.49. The lowest BCUT2D eigenvalue weighted by Crippen LogP contribution is -2.52. The highest BCUT2D eigenvalue weighted by molar-refractivity contribution is 7.09. The summed E-state index contributed by atoms with van der Waals surface area (Å²) in [6.45, 7) is 4.44. The Morgan fingerprint density at radius 2 is 1.86 bits per heavy atom. The van der Waals surface area contributed by atoms with E-state index in [2.05, 4.69) is 9.36 Å². The van der Waals surface area contributed by atoms with Gasteiger partial charge in [0.05, 0.1) is 11.7 Å². The Labute approximate surface area is 203 Å². The molecule has 1 aromatic carbocycles. The number of carbonyl (C=O) groups is 3. The van der Waals surface area contributed by atoms with Crippen molar-refractivity contribution >= 4 is 35.3 Å². The van der Waals surface area contributed by atoms with Crippen molar-refractivity contribution < 1.29 is 23.9 Å². The summed E-state index contributed by atoms with van der Waals surface area (Å²) in [5.41, 5.74) is 1.02. The molecule has 2 aliphatic heterocycles. The van der Waals surface area contributed by atoms with Crippen molar-refractivity contribution in [3.63, 3.8) is 0 Å². The normalized spacial score (nSPS) is 18.1. The van der Waals surface area contributed by atoms with Gasteiger partial charge in [0.15, 0.2) is 16.6 Å². The molecule has 2 aromatic heterocycles. The van der Waals surface area contributed by atoms with Gasteiger partial charge in [0.2, 0.25) is 5.91 Å². The molecule has 0 spiro atoms. The molecule has 0 aliphatic carbocycles. The third-order valence-electron chi connectivity index (χ3n) is 6.23. The highest BCUT2D eigenvalue weighted by atomic mass is 32.1. The number of rotatable bonds is 3. The third kappa shape index (κ3) is 4.01. The average molecular weight is 500 g/mol. The van der Waals surface area contributed by atoms with Crippen LogP contribution in [0.5, 0.6) is 0 Å². The van der Waals surface area contributed by atoms with Crippen LogP contribution in [0.15, 0.2) is 24.3 Å². The van der Waals surface area contributed by atoms with Gasteiger partial charge >= 0.3 is 6.09 Å². The molecule has 1 N–H and O–H groups in total. The van der Waals surface area contributed by atoms with E-state index < -0.39 is 23.9 Å². The van der Waals surface area contributed by atoms with Crippen LogP contribution in [0.2, 0.25) is 0 Å². The Kier molecular flexibility index (Phi) is 5.71. The Morgan fingerprint density at radius 1 is 1.11 bits per heavy atom. The van der Waals surface area contributed by atoms with Crippen LogP contribution in [0.3, 0.4) is 0 Å². The van der Waals surface area contributed by atoms with Gasteiger partial charge in [-0.2, -0.15) is 4.37 Å². The number of hydrogen-bond acceptors (Lipinski definition) is 7. The first kappa shape index (κ1) is 22.9. The molecule has 0 bridgehead atoms. The zero-order valence-corrected chi connectivity index (χ0v) is 19.8. The molecular weight excluding hydrogens is 477 g/mol. The zero-order valence-electron chi connectivity index (χ0n) is 19.0. The topological polar surface area (TPSA) is 125 Å². The quantitative estimate of drug-likeness (QED) is 0.587. The van der Waals surface area contributed by atoms with Crippen LogP contribution in [-0.2, 0) is 11.3 Å². The Hall–Kier alpha value is -3.87. The lowest BCUT2D eigenvalue weighted by molar-refractivity contribution is -0.120. The van der Waals surface area contributed by atoms with Crippen molar-refractivity contribution in [3.8, 4) is 10.8 Å². The molecule has 3 aromatic rings. The summed E-state index contributed by atoms with van der Waals surface area (Å²) >= 11 is 1.20. The highest BCUT2D eigenvalue weighted by Gasteiger charge is 2.39. The van der Waals surface area contributed by atoms with Crippen molar-refractivity contribution in [2.75, 3.05) is 31.1 Å². The second-order valence-corrected chi connectivity index (χ2v) is 9.13. The van der Waals surface area contributed by atoms with Gasteiger partial charge in [0.25, 0.3) is 5.91 Å². The number of fused-ring (bicyclic) bond motifs is 1. The van der Waals surface area contributed by atoms with Gasteiger partial charge in [0.1, 0.15) is 18.2 Å². The van der Waals surface area contributed by atoms with E-state index in [1.165, 1.54) is 40.7 Å². The molecule has 1 saturated heterocycles. The summed E-state index contributed by atoms with van der Waals surface area (Å²) in [5, 5.41) is 9.87. The maximum Gasteiger partial charge on any atom is 0.407 e. The van der Waals surface area contributed by atoms with Gasteiger partial charge in [-0.25, -0.2) is 19.2 Å². The summed E-state index contributed by atoms with van der Waals surface area (Å²) in [4.78, 5) is 51.0. The predicted molar refractivity (Wildman–Crippen MR) is 124 cm³/mol. The standard InChI is InChI=1S/C22H22FN7O4S/c1-12-17-18(29-8-7-27(22(33)34)11-16(29)31)25-19(20-24-13(2)26-35-20)30(17)10-9-28(12)21(32)14-3-5-15(23)6-4-14/h3-6,12H,7-11H2,1-2H3,(H,33,34). The van der Waals surface area contributed by atoms with Crippen LogP contribution in [0.4, 0.5) is 15.0 Å². The van der Waals surface area contributed by atoms with E-state index in [-0.39, 0.29) is 25.5 Å². The first-order chi connectivity index (χ1) is 16.7. The molecule has 35 heavy (non-hydrogen) atoms. The smallest absolute Gasteiger partial charge is 0.407 e. The van der Waals surface area contributed by atoms with Gasteiger partial charge in [-0.1, -0.05) is 0 Å². The van der Waals surface area contributed by atoms with E-state index in [0.29, 0.717) is 46.8 Å². The second-order valence-electron chi connectivity index (χ2n) is 8.37. The first-order valence-electron chi connectivity index (χ1n) is 11.0. The Morgan fingerprint density at radius 3 is 2.49 bits per heavy atom. The molecule has 182 valence electrons. The number of hydrogen-bond donors (Lipinski definition) is 1. The largest absolute Gasteiger partial charge is 0.465 e. The Balaban J connectivity index is 1.55. The van der Waals surface area contributed by atoms with Crippen LogP contribution < -0.4 is 4.90 Å². The monoisotopic (exact) mass is 499 g/mol. The third-order valence-corrected chi connectivity index (χ3v) is 7.04. The minimum absolute atomic E-state index is 0.141. The molecule has 0 radical (unpaired) electrons. The number of aryl methyl sites for hydroxylation is 1. The second kappa shape index (κ2) is 8.73. The van der Waals surface area contributed by atoms with Crippen molar-refractivity contribution in [1.82, 2.24) is 28.7 Å². The molecular formula is C22H22FN7O4S. The van der Waals surface area contributed by atoms with Crippen LogP contribution in [0, 0.1) is 12.7 Å². The minimum Gasteiger partial charge on any atom is -0.465 e.